The minimum atomic E-state index is -4.52. The summed E-state index contributed by atoms with van der Waals surface area (Å²) < 4.78 is 16.2. The molecule has 0 aliphatic heterocycles. The van der Waals surface area contributed by atoms with Crippen LogP contribution < -0.4 is 4.52 Å². The Morgan fingerprint density at radius 1 is 1.39 bits per heavy atom. The summed E-state index contributed by atoms with van der Waals surface area (Å²) in [6.45, 7) is 1.73. The summed E-state index contributed by atoms with van der Waals surface area (Å²) in [5, 5.41) is 1.96. The Bertz CT molecular complexity index is 670. The van der Waals surface area contributed by atoms with Gasteiger partial charge in [0.2, 0.25) is 0 Å². The van der Waals surface area contributed by atoms with Crippen LogP contribution in [-0.4, -0.2) is 9.79 Å². The minimum Gasteiger partial charge on any atom is -0.404 e. The molecular formula is C10H9O4PS3. The fraction of sp³-hybridized carbons (Fsp3) is 0.100. The van der Waals surface area contributed by atoms with Gasteiger partial charge in [0.1, 0.15) is 9.57 Å². The van der Waals surface area contributed by atoms with Gasteiger partial charge in [0.05, 0.1) is 0 Å². The highest BCUT2D eigenvalue weighted by atomic mass is 32.9. The molecular weight excluding hydrogens is 311 g/mol. The second-order valence-electron chi connectivity index (χ2n) is 3.56. The summed E-state index contributed by atoms with van der Waals surface area (Å²) >= 11 is 5.20. The van der Waals surface area contributed by atoms with Crippen molar-refractivity contribution in [1.29, 1.82) is 0 Å². The van der Waals surface area contributed by atoms with Crippen molar-refractivity contribution in [3.05, 3.63) is 33.0 Å². The number of phosphoric acid groups is 1. The van der Waals surface area contributed by atoms with Gasteiger partial charge in [-0.1, -0.05) is 39.0 Å². The van der Waals surface area contributed by atoms with E-state index < -0.39 is 7.82 Å². The van der Waals surface area contributed by atoms with Gasteiger partial charge >= 0.3 is 7.82 Å². The molecule has 0 saturated heterocycles. The summed E-state index contributed by atoms with van der Waals surface area (Å²) in [6, 6.07) is 5.08. The van der Waals surface area contributed by atoms with Gasteiger partial charge in [-0.2, -0.15) is 0 Å². The van der Waals surface area contributed by atoms with Crippen LogP contribution in [0.25, 0.3) is 11.1 Å². The zero-order chi connectivity index (χ0) is 13.3. The lowest BCUT2D eigenvalue weighted by atomic mass is 10.1. The largest absolute Gasteiger partial charge is 0.524 e. The molecule has 1 aromatic carbocycles. The summed E-state index contributed by atoms with van der Waals surface area (Å²) in [5.41, 5.74) is 2.54. The predicted octanol–water partition coefficient (Wildman–Crippen LogP) is 3.99. The lowest BCUT2D eigenvalue weighted by molar-refractivity contribution is 0.282. The summed E-state index contributed by atoms with van der Waals surface area (Å²) in [4.78, 5) is 17.5. The third-order valence-electron chi connectivity index (χ3n) is 2.21. The van der Waals surface area contributed by atoms with Crippen LogP contribution in [0.15, 0.2) is 23.6 Å². The third kappa shape index (κ3) is 3.26. The first kappa shape index (κ1) is 13.9. The van der Waals surface area contributed by atoms with Crippen LogP contribution in [0, 0.1) is 10.7 Å². The van der Waals surface area contributed by atoms with E-state index >= 15 is 0 Å². The van der Waals surface area contributed by atoms with Crippen LogP contribution in [0.5, 0.6) is 5.75 Å². The van der Waals surface area contributed by atoms with E-state index in [2.05, 4.69) is 4.52 Å². The first-order chi connectivity index (χ1) is 8.37. The summed E-state index contributed by atoms with van der Waals surface area (Å²) in [5.74, 6) is 0.178. The maximum atomic E-state index is 10.8. The van der Waals surface area contributed by atoms with E-state index in [9.17, 15) is 4.57 Å². The molecule has 0 fully saturated rings. The fourth-order valence-electron chi connectivity index (χ4n) is 1.44. The molecule has 2 N–H and O–H groups in total. The Morgan fingerprint density at radius 3 is 2.61 bits per heavy atom. The highest BCUT2D eigenvalue weighted by Gasteiger charge is 2.17. The Kier molecular flexibility index (Phi) is 4.01. The maximum Gasteiger partial charge on any atom is 0.524 e. The van der Waals surface area contributed by atoms with Gasteiger partial charge in [-0.25, -0.2) is 4.57 Å². The molecule has 8 heteroatoms. The van der Waals surface area contributed by atoms with Gasteiger partial charge in [0.15, 0.2) is 0 Å². The Labute approximate surface area is 116 Å². The molecule has 0 aliphatic rings. The molecule has 0 saturated carbocycles. The van der Waals surface area contributed by atoms with Gasteiger partial charge in [-0.15, -0.1) is 0 Å². The van der Waals surface area contributed by atoms with Gasteiger partial charge in [0.25, 0.3) is 0 Å². The van der Waals surface area contributed by atoms with E-state index in [1.165, 1.54) is 10.3 Å². The predicted molar refractivity (Wildman–Crippen MR) is 75.9 cm³/mol. The fourth-order valence-corrected chi connectivity index (χ4v) is 4.30. The van der Waals surface area contributed by atoms with E-state index in [4.69, 9.17) is 22.0 Å². The molecule has 0 bridgehead atoms. The molecule has 0 atom stereocenters. The Morgan fingerprint density at radius 2 is 2.11 bits per heavy atom. The highest BCUT2D eigenvalue weighted by molar-refractivity contribution is 7.79. The number of phosphoric ester groups is 1. The van der Waals surface area contributed by atoms with Crippen LogP contribution in [0.4, 0.5) is 0 Å². The quantitative estimate of drug-likeness (QED) is 0.508. The van der Waals surface area contributed by atoms with Crippen LogP contribution >= 0.6 is 40.7 Å². The monoisotopic (exact) mass is 320 g/mol. The first-order valence-corrected chi connectivity index (χ1v) is 8.96. The van der Waals surface area contributed by atoms with Crippen molar-refractivity contribution < 1.29 is 18.9 Å². The molecule has 18 heavy (non-hydrogen) atoms. The number of rotatable bonds is 3. The summed E-state index contributed by atoms with van der Waals surface area (Å²) in [7, 11) is -1.43. The molecule has 2 rings (SSSR count). The van der Waals surface area contributed by atoms with Crippen LogP contribution in [0.3, 0.4) is 0 Å². The van der Waals surface area contributed by atoms with E-state index in [1.54, 1.807) is 35.5 Å². The second kappa shape index (κ2) is 5.21. The zero-order valence-electron chi connectivity index (χ0n) is 9.19. The standard InChI is InChI=1S/C10H9O4PS3/c1-6-4-7(8-5-17-18-10(8)16)2-3-9(6)14-15(11,12)13/h2-5H,1H3,(H2,11,12,13). The van der Waals surface area contributed by atoms with Crippen molar-refractivity contribution in [3.63, 3.8) is 0 Å². The molecule has 0 spiro atoms. The lowest BCUT2D eigenvalue weighted by Crippen LogP contribution is -1.92. The van der Waals surface area contributed by atoms with Crippen molar-refractivity contribution in [2.24, 2.45) is 0 Å². The number of hydrogen-bond donors (Lipinski definition) is 2. The van der Waals surface area contributed by atoms with Crippen molar-refractivity contribution >= 4 is 40.7 Å². The Hall–Kier alpha value is -0.560. The van der Waals surface area contributed by atoms with E-state index in [-0.39, 0.29) is 5.75 Å². The van der Waals surface area contributed by atoms with Gasteiger partial charge < -0.3 is 4.52 Å². The Balaban J connectivity index is 2.40. The molecule has 96 valence electrons. The third-order valence-corrected chi connectivity index (χ3v) is 5.31. The average molecular weight is 320 g/mol. The van der Waals surface area contributed by atoms with E-state index in [1.807, 2.05) is 5.38 Å². The van der Waals surface area contributed by atoms with Gasteiger partial charge in [0, 0.05) is 10.9 Å². The number of hydrogen-bond acceptors (Lipinski definition) is 5. The van der Waals surface area contributed by atoms with Crippen molar-refractivity contribution in [3.8, 4) is 16.9 Å². The molecule has 1 aromatic heterocycles. The molecule has 0 aliphatic carbocycles. The molecule has 0 radical (unpaired) electrons. The lowest BCUT2D eigenvalue weighted by Gasteiger charge is -2.10. The second-order valence-corrected chi connectivity index (χ2v) is 7.47. The smallest absolute Gasteiger partial charge is 0.404 e. The number of benzene rings is 1. The molecule has 0 amide bonds. The van der Waals surface area contributed by atoms with Crippen molar-refractivity contribution in [2.45, 2.75) is 6.92 Å². The van der Waals surface area contributed by atoms with E-state index in [0.29, 0.717) is 5.56 Å². The minimum absolute atomic E-state index is 0.178. The molecule has 2 aromatic rings. The normalized spacial score (nSPS) is 11.5. The van der Waals surface area contributed by atoms with Crippen molar-refractivity contribution in [2.75, 3.05) is 0 Å². The summed E-state index contributed by atoms with van der Waals surface area (Å²) in [6.07, 6.45) is 0. The van der Waals surface area contributed by atoms with Crippen LogP contribution in [0.2, 0.25) is 0 Å². The van der Waals surface area contributed by atoms with Gasteiger partial charge in [-0.3, -0.25) is 9.79 Å². The maximum absolute atomic E-state index is 10.8. The van der Waals surface area contributed by atoms with Gasteiger partial charge in [-0.05, 0) is 30.2 Å². The average Bonchev–Trinajstić information content (AvgIpc) is 2.66. The SMILES string of the molecule is Cc1cc(-c2cssc2=S)ccc1OP(=O)(O)O. The van der Waals surface area contributed by atoms with E-state index in [0.717, 1.165) is 15.0 Å². The highest BCUT2D eigenvalue weighted by Crippen LogP contribution is 2.40. The molecule has 4 nitrogen and oxygen atoms in total. The molecule has 0 unspecified atom stereocenters. The van der Waals surface area contributed by atoms with Crippen molar-refractivity contribution in [1.82, 2.24) is 0 Å². The number of aryl methyl sites for hydroxylation is 1. The van der Waals surface area contributed by atoms with Crippen LogP contribution in [0.1, 0.15) is 5.56 Å². The zero-order valence-corrected chi connectivity index (χ0v) is 12.5. The topological polar surface area (TPSA) is 66.8 Å². The molecule has 1 heterocycles. The van der Waals surface area contributed by atoms with Crippen LogP contribution in [-0.2, 0) is 4.57 Å². The first-order valence-electron chi connectivity index (χ1n) is 4.81.